The highest BCUT2D eigenvalue weighted by Gasteiger charge is 2.27. The maximum Gasteiger partial charge on any atom is 0.224 e. The van der Waals surface area contributed by atoms with E-state index in [2.05, 4.69) is 5.32 Å². The number of amides is 1. The lowest BCUT2D eigenvalue weighted by Gasteiger charge is -2.30. The number of carbonyl (C=O) groups excluding carboxylic acids is 1. The second-order valence-corrected chi connectivity index (χ2v) is 3.86. The van der Waals surface area contributed by atoms with Gasteiger partial charge in [-0.05, 0) is 13.8 Å². The zero-order valence-electron chi connectivity index (χ0n) is 7.59. The van der Waals surface area contributed by atoms with Crippen molar-refractivity contribution >= 4 is 5.91 Å². The van der Waals surface area contributed by atoms with E-state index in [0.29, 0.717) is 12.6 Å². The SMILES string of the molecule is CC(C)(CNC1COC1)C(N)=O. The van der Waals surface area contributed by atoms with E-state index in [-0.39, 0.29) is 5.91 Å². The zero-order chi connectivity index (χ0) is 9.19. The van der Waals surface area contributed by atoms with Crippen molar-refractivity contribution in [1.29, 1.82) is 0 Å². The van der Waals surface area contributed by atoms with Gasteiger partial charge in [-0.1, -0.05) is 0 Å². The van der Waals surface area contributed by atoms with Gasteiger partial charge in [0.05, 0.1) is 24.7 Å². The molecule has 1 rings (SSSR count). The lowest BCUT2D eigenvalue weighted by Crippen LogP contribution is -2.51. The molecule has 0 bridgehead atoms. The summed E-state index contributed by atoms with van der Waals surface area (Å²) in [6, 6.07) is 0.406. The second-order valence-electron chi connectivity index (χ2n) is 3.86. The molecular weight excluding hydrogens is 156 g/mol. The summed E-state index contributed by atoms with van der Waals surface area (Å²) in [5.41, 5.74) is 4.74. The van der Waals surface area contributed by atoms with Crippen molar-refractivity contribution in [3.63, 3.8) is 0 Å². The lowest BCUT2D eigenvalue weighted by atomic mass is 9.92. The molecule has 4 heteroatoms. The second kappa shape index (κ2) is 3.41. The fourth-order valence-corrected chi connectivity index (χ4v) is 0.840. The van der Waals surface area contributed by atoms with E-state index in [9.17, 15) is 4.79 Å². The van der Waals surface area contributed by atoms with Gasteiger partial charge in [-0.2, -0.15) is 0 Å². The summed E-state index contributed by atoms with van der Waals surface area (Å²) in [4.78, 5) is 10.9. The maximum absolute atomic E-state index is 10.9. The third-order valence-corrected chi connectivity index (χ3v) is 2.14. The first-order valence-electron chi connectivity index (χ1n) is 4.13. The van der Waals surface area contributed by atoms with E-state index in [1.165, 1.54) is 0 Å². The molecular formula is C8H16N2O2. The molecule has 0 radical (unpaired) electrons. The first-order chi connectivity index (χ1) is 5.52. The molecule has 0 unspecified atom stereocenters. The average molecular weight is 172 g/mol. The summed E-state index contributed by atoms with van der Waals surface area (Å²) in [7, 11) is 0. The lowest BCUT2D eigenvalue weighted by molar-refractivity contribution is -0.126. The smallest absolute Gasteiger partial charge is 0.224 e. The Hall–Kier alpha value is -0.610. The molecule has 12 heavy (non-hydrogen) atoms. The van der Waals surface area contributed by atoms with Gasteiger partial charge in [-0.15, -0.1) is 0 Å². The first-order valence-corrected chi connectivity index (χ1v) is 4.13. The van der Waals surface area contributed by atoms with Crippen molar-refractivity contribution in [3.8, 4) is 0 Å². The summed E-state index contributed by atoms with van der Waals surface area (Å²) < 4.78 is 4.98. The van der Waals surface area contributed by atoms with E-state index in [0.717, 1.165) is 13.2 Å². The Morgan fingerprint density at radius 1 is 1.67 bits per heavy atom. The van der Waals surface area contributed by atoms with Crippen LogP contribution in [0.5, 0.6) is 0 Å². The van der Waals surface area contributed by atoms with Crippen molar-refractivity contribution in [1.82, 2.24) is 5.32 Å². The number of primary amides is 1. The molecule has 70 valence electrons. The van der Waals surface area contributed by atoms with Gasteiger partial charge >= 0.3 is 0 Å². The fraction of sp³-hybridized carbons (Fsp3) is 0.875. The quantitative estimate of drug-likeness (QED) is 0.600. The predicted octanol–water partition coefficient (Wildman–Crippen LogP) is -0.514. The van der Waals surface area contributed by atoms with Crippen LogP contribution in [0.4, 0.5) is 0 Å². The summed E-state index contributed by atoms with van der Waals surface area (Å²) in [6.45, 7) is 5.78. The Labute approximate surface area is 72.5 Å². The third kappa shape index (κ3) is 2.19. The number of carbonyl (C=O) groups is 1. The predicted molar refractivity (Wildman–Crippen MR) is 45.6 cm³/mol. The number of ether oxygens (including phenoxy) is 1. The number of rotatable bonds is 4. The van der Waals surface area contributed by atoms with Gasteiger partial charge < -0.3 is 15.8 Å². The monoisotopic (exact) mass is 172 g/mol. The van der Waals surface area contributed by atoms with E-state index < -0.39 is 5.41 Å². The molecule has 0 atom stereocenters. The molecule has 3 N–H and O–H groups in total. The van der Waals surface area contributed by atoms with Gasteiger partial charge in [0.15, 0.2) is 0 Å². The summed E-state index contributed by atoms with van der Waals surface area (Å²) in [6.07, 6.45) is 0. The van der Waals surface area contributed by atoms with E-state index in [1.54, 1.807) is 0 Å². The Balaban J connectivity index is 2.24. The fourth-order valence-electron chi connectivity index (χ4n) is 0.840. The zero-order valence-corrected chi connectivity index (χ0v) is 7.59. The summed E-state index contributed by atoms with van der Waals surface area (Å²) >= 11 is 0. The van der Waals surface area contributed by atoms with Gasteiger partial charge in [-0.3, -0.25) is 4.79 Å². The van der Waals surface area contributed by atoms with Gasteiger partial charge in [0.25, 0.3) is 0 Å². The van der Waals surface area contributed by atoms with Crippen molar-refractivity contribution in [3.05, 3.63) is 0 Å². The van der Waals surface area contributed by atoms with E-state index in [4.69, 9.17) is 10.5 Å². The third-order valence-electron chi connectivity index (χ3n) is 2.14. The number of nitrogens with one attached hydrogen (secondary N) is 1. The van der Waals surface area contributed by atoms with Crippen LogP contribution >= 0.6 is 0 Å². The van der Waals surface area contributed by atoms with Gasteiger partial charge in [-0.25, -0.2) is 0 Å². The molecule has 0 aromatic heterocycles. The van der Waals surface area contributed by atoms with Crippen molar-refractivity contribution in [2.45, 2.75) is 19.9 Å². The summed E-state index contributed by atoms with van der Waals surface area (Å²) in [5.74, 6) is -0.268. The topological polar surface area (TPSA) is 64.3 Å². The van der Waals surface area contributed by atoms with Crippen LogP contribution in [0.3, 0.4) is 0 Å². The standard InChI is InChI=1S/C8H16N2O2/c1-8(2,7(9)11)5-10-6-3-12-4-6/h6,10H,3-5H2,1-2H3,(H2,9,11). The minimum absolute atomic E-state index is 0.268. The van der Waals surface area contributed by atoms with Gasteiger partial charge in [0, 0.05) is 6.54 Å². The minimum atomic E-state index is -0.463. The molecule has 1 saturated heterocycles. The molecule has 0 aromatic carbocycles. The molecule has 0 aromatic rings. The molecule has 0 aliphatic carbocycles. The van der Waals surface area contributed by atoms with Crippen LogP contribution < -0.4 is 11.1 Å². The number of nitrogens with two attached hydrogens (primary N) is 1. The molecule has 1 aliphatic heterocycles. The molecule has 1 aliphatic rings. The maximum atomic E-state index is 10.9. The molecule has 0 saturated carbocycles. The molecule has 1 heterocycles. The Morgan fingerprint density at radius 2 is 2.25 bits per heavy atom. The van der Waals surface area contributed by atoms with Gasteiger partial charge in [0.1, 0.15) is 0 Å². The van der Waals surface area contributed by atoms with Crippen LogP contribution in [0.15, 0.2) is 0 Å². The Kier molecular flexibility index (Phi) is 2.69. The molecule has 0 spiro atoms. The Morgan fingerprint density at radius 3 is 2.58 bits per heavy atom. The first kappa shape index (κ1) is 9.48. The van der Waals surface area contributed by atoms with Crippen LogP contribution in [0, 0.1) is 5.41 Å². The highest BCUT2D eigenvalue weighted by Crippen LogP contribution is 2.13. The van der Waals surface area contributed by atoms with Crippen molar-refractivity contribution in [2.24, 2.45) is 11.1 Å². The number of hydrogen-bond acceptors (Lipinski definition) is 3. The molecule has 1 amide bonds. The minimum Gasteiger partial charge on any atom is -0.378 e. The highest BCUT2D eigenvalue weighted by atomic mass is 16.5. The van der Waals surface area contributed by atoms with Crippen LogP contribution in [-0.4, -0.2) is 31.7 Å². The van der Waals surface area contributed by atoms with Gasteiger partial charge in [0.2, 0.25) is 5.91 Å². The summed E-state index contributed by atoms with van der Waals surface area (Å²) in [5, 5.41) is 3.21. The average Bonchev–Trinajstić information content (AvgIpc) is 1.83. The largest absolute Gasteiger partial charge is 0.378 e. The van der Waals surface area contributed by atoms with Crippen molar-refractivity contribution < 1.29 is 9.53 Å². The van der Waals surface area contributed by atoms with Crippen LogP contribution in [0.25, 0.3) is 0 Å². The van der Waals surface area contributed by atoms with E-state index >= 15 is 0 Å². The highest BCUT2D eigenvalue weighted by molar-refractivity contribution is 5.80. The van der Waals surface area contributed by atoms with Crippen LogP contribution in [-0.2, 0) is 9.53 Å². The Bertz CT molecular complexity index is 176. The van der Waals surface area contributed by atoms with Crippen LogP contribution in [0.2, 0.25) is 0 Å². The normalized spacial score (nSPS) is 18.8. The van der Waals surface area contributed by atoms with E-state index in [1.807, 2.05) is 13.8 Å². The molecule has 1 fully saturated rings. The molecule has 4 nitrogen and oxygen atoms in total. The number of hydrogen-bond donors (Lipinski definition) is 2. The van der Waals surface area contributed by atoms with Crippen molar-refractivity contribution in [2.75, 3.05) is 19.8 Å². The van der Waals surface area contributed by atoms with Crippen LogP contribution in [0.1, 0.15) is 13.8 Å².